The molecule has 0 aromatic rings. The van der Waals surface area contributed by atoms with E-state index in [4.69, 9.17) is 18.9 Å². The van der Waals surface area contributed by atoms with Crippen LogP contribution in [-0.2, 0) is 18.9 Å². The maximum atomic E-state index is 6.30. The minimum absolute atomic E-state index is 0.0151. The molecule has 2 bridgehead atoms. The van der Waals surface area contributed by atoms with Crippen molar-refractivity contribution in [1.82, 2.24) is 0 Å². The fourth-order valence-corrected chi connectivity index (χ4v) is 2.89. The SMILES string of the molecule is CC(C)OC[C@]12CO[C@@H](C1OC(C)C)[C@H](C(C)C)O2. The lowest BCUT2D eigenvalue weighted by molar-refractivity contribution is -0.187. The molecule has 2 rings (SSSR count). The molecule has 0 aliphatic carbocycles. The van der Waals surface area contributed by atoms with E-state index in [9.17, 15) is 0 Å². The van der Waals surface area contributed by atoms with Gasteiger partial charge in [0.1, 0.15) is 17.8 Å². The summed E-state index contributed by atoms with van der Waals surface area (Å²) in [6.07, 6.45) is 0.488. The normalized spacial score (nSPS) is 38.1. The van der Waals surface area contributed by atoms with Crippen molar-refractivity contribution in [2.24, 2.45) is 5.92 Å². The number of hydrogen-bond donors (Lipinski definition) is 0. The van der Waals surface area contributed by atoms with Gasteiger partial charge in [0.25, 0.3) is 0 Å². The molecule has 0 amide bonds. The molecule has 4 heteroatoms. The maximum absolute atomic E-state index is 6.30. The fraction of sp³-hybridized carbons (Fsp3) is 1.00. The van der Waals surface area contributed by atoms with Gasteiger partial charge in [-0.1, -0.05) is 13.8 Å². The van der Waals surface area contributed by atoms with Crippen LogP contribution in [0.5, 0.6) is 0 Å². The van der Waals surface area contributed by atoms with Crippen LogP contribution >= 0.6 is 0 Å². The lowest BCUT2D eigenvalue weighted by Crippen LogP contribution is -2.47. The van der Waals surface area contributed by atoms with Crippen molar-refractivity contribution in [3.8, 4) is 0 Å². The Morgan fingerprint density at radius 1 is 1.11 bits per heavy atom. The molecule has 2 fully saturated rings. The van der Waals surface area contributed by atoms with Crippen LogP contribution in [0.25, 0.3) is 0 Å². The summed E-state index contributed by atoms with van der Waals surface area (Å²) in [7, 11) is 0. The fourth-order valence-electron chi connectivity index (χ4n) is 2.89. The molecule has 0 saturated carbocycles. The molecular formula is C15H28O4. The zero-order chi connectivity index (χ0) is 14.2. The second-order valence-corrected chi connectivity index (χ2v) is 6.63. The van der Waals surface area contributed by atoms with Gasteiger partial charge in [0.05, 0.1) is 31.5 Å². The molecule has 4 atom stereocenters. The monoisotopic (exact) mass is 272 g/mol. The highest BCUT2D eigenvalue weighted by Crippen LogP contribution is 2.44. The topological polar surface area (TPSA) is 36.9 Å². The van der Waals surface area contributed by atoms with Crippen LogP contribution in [0.4, 0.5) is 0 Å². The van der Waals surface area contributed by atoms with Gasteiger partial charge in [-0.2, -0.15) is 0 Å². The number of ether oxygens (including phenoxy) is 4. The van der Waals surface area contributed by atoms with Gasteiger partial charge < -0.3 is 18.9 Å². The molecule has 19 heavy (non-hydrogen) atoms. The van der Waals surface area contributed by atoms with E-state index in [1.807, 2.05) is 13.8 Å². The quantitative estimate of drug-likeness (QED) is 0.744. The summed E-state index contributed by atoms with van der Waals surface area (Å²) in [5.74, 6) is 0.421. The molecule has 0 spiro atoms. The molecule has 0 radical (unpaired) electrons. The smallest absolute Gasteiger partial charge is 0.144 e. The van der Waals surface area contributed by atoms with Gasteiger partial charge in [0.15, 0.2) is 0 Å². The Hall–Kier alpha value is -0.160. The molecular weight excluding hydrogens is 244 g/mol. The van der Waals surface area contributed by atoms with Crippen LogP contribution in [0.15, 0.2) is 0 Å². The largest absolute Gasteiger partial charge is 0.376 e. The first kappa shape index (κ1) is 15.2. The van der Waals surface area contributed by atoms with Crippen LogP contribution in [-0.4, -0.2) is 49.3 Å². The highest BCUT2D eigenvalue weighted by molar-refractivity contribution is 5.09. The molecule has 0 aromatic carbocycles. The maximum Gasteiger partial charge on any atom is 0.144 e. The summed E-state index contributed by atoms with van der Waals surface area (Å²) >= 11 is 0. The van der Waals surface area contributed by atoms with Gasteiger partial charge in [0, 0.05) is 0 Å². The van der Waals surface area contributed by atoms with Gasteiger partial charge in [-0.05, 0) is 33.6 Å². The third-order valence-corrected chi connectivity index (χ3v) is 3.77. The lowest BCUT2D eigenvalue weighted by Gasteiger charge is -2.33. The van der Waals surface area contributed by atoms with Crippen LogP contribution in [0, 0.1) is 5.92 Å². The second kappa shape index (κ2) is 5.68. The molecule has 112 valence electrons. The Balaban J connectivity index is 2.13. The third-order valence-electron chi connectivity index (χ3n) is 3.77. The molecule has 2 saturated heterocycles. The minimum atomic E-state index is -0.422. The molecule has 1 unspecified atom stereocenters. The van der Waals surface area contributed by atoms with Crippen molar-refractivity contribution in [3.05, 3.63) is 0 Å². The van der Waals surface area contributed by atoms with Gasteiger partial charge in [-0.3, -0.25) is 0 Å². The molecule has 0 aromatic heterocycles. The summed E-state index contributed by atoms with van der Waals surface area (Å²) < 4.78 is 24.1. The predicted molar refractivity (Wildman–Crippen MR) is 73.3 cm³/mol. The summed E-state index contributed by atoms with van der Waals surface area (Å²) in [6, 6.07) is 0. The third kappa shape index (κ3) is 2.97. The zero-order valence-corrected chi connectivity index (χ0v) is 13.0. The molecule has 2 aliphatic heterocycles. The van der Waals surface area contributed by atoms with Crippen molar-refractivity contribution in [3.63, 3.8) is 0 Å². The van der Waals surface area contributed by atoms with Gasteiger partial charge in [-0.15, -0.1) is 0 Å². The first-order valence-corrected chi connectivity index (χ1v) is 7.42. The average Bonchev–Trinajstić information content (AvgIpc) is 2.79. The summed E-state index contributed by atoms with van der Waals surface area (Å²) in [5.41, 5.74) is -0.422. The first-order valence-electron chi connectivity index (χ1n) is 7.42. The van der Waals surface area contributed by atoms with Crippen molar-refractivity contribution < 1.29 is 18.9 Å². The van der Waals surface area contributed by atoms with Crippen molar-refractivity contribution in [2.75, 3.05) is 13.2 Å². The van der Waals surface area contributed by atoms with Crippen molar-refractivity contribution in [1.29, 1.82) is 0 Å². The first-order chi connectivity index (χ1) is 8.85. The highest BCUT2D eigenvalue weighted by atomic mass is 16.7. The Bertz CT molecular complexity index is 303. The van der Waals surface area contributed by atoms with E-state index < -0.39 is 5.60 Å². The Kier molecular flexibility index (Phi) is 4.56. The van der Waals surface area contributed by atoms with E-state index >= 15 is 0 Å². The van der Waals surface area contributed by atoms with E-state index in [-0.39, 0.29) is 30.5 Å². The zero-order valence-electron chi connectivity index (χ0n) is 13.0. The Morgan fingerprint density at radius 2 is 1.79 bits per heavy atom. The summed E-state index contributed by atoms with van der Waals surface area (Å²) in [5, 5.41) is 0. The average molecular weight is 272 g/mol. The van der Waals surface area contributed by atoms with Gasteiger partial charge in [0.2, 0.25) is 0 Å². The second-order valence-electron chi connectivity index (χ2n) is 6.63. The van der Waals surface area contributed by atoms with E-state index in [1.165, 1.54) is 0 Å². The summed E-state index contributed by atoms with van der Waals surface area (Å²) in [6.45, 7) is 13.6. The number of rotatable bonds is 6. The summed E-state index contributed by atoms with van der Waals surface area (Å²) in [4.78, 5) is 0. The van der Waals surface area contributed by atoms with Gasteiger partial charge >= 0.3 is 0 Å². The molecule has 4 nitrogen and oxygen atoms in total. The molecule has 0 N–H and O–H groups in total. The Labute approximate surface area is 116 Å². The van der Waals surface area contributed by atoms with E-state index in [1.54, 1.807) is 0 Å². The van der Waals surface area contributed by atoms with Crippen molar-refractivity contribution in [2.45, 2.75) is 77.7 Å². The van der Waals surface area contributed by atoms with Crippen molar-refractivity contribution >= 4 is 0 Å². The molecule has 2 aliphatic rings. The van der Waals surface area contributed by atoms with E-state index in [0.29, 0.717) is 19.1 Å². The van der Waals surface area contributed by atoms with Crippen LogP contribution in [0.3, 0.4) is 0 Å². The van der Waals surface area contributed by atoms with Crippen LogP contribution in [0.1, 0.15) is 41.5 Å². The van der Waals surface area contributed by atoms with Gasteiger partial charge in [-0.25, -0.2) is 0 Å². The number of hydrogen-bond acceptors (Lipinski definition) is 4. The number of fused-ring (bicyclic) bond motifs is 2. The van der Waals surface area contributed by atoms with Crippen LogP contribution < -0.4 is 0 Å². The minimum Gasteiger partial charge on any atom is -0.376 e. The van der Waals surface area contributed by atoms with Crippen LogP contribution in [0.2, 0.25) is 0 Å². The standard InChI is InChI=1S/C15H28O4/c1-9(2)12-13-14(18-11(5)6)15(19-12,8-17-13)7-16-10(3)4/h9-14H,7-8H2,1-6H3/t12-,13+,14?,15-/m0/s1. The lowest BCUT2D eigenvalue weighted by atomic mass is 9.96. The molecule has 2 heterocycles. The predicted octanol–water partition coefficient (Wildman–Crippen LogP) is 2.40. The highest BCUT2D eigenvalue weighted by Gasteiger charge is 2.63. The van der Waals surface area contributed by atoms with E-state index in [2.05, 4.69) is 27.7 Å². The Morgan fingerprint density at radius 3 is 2.32 bits per heavy atom. The van der Waals surface area contributed by atoms with E-state index in [0.717, 1.165) is 0 Å².